The normalized spacial score (nSPS) is 12.0. The lowest BCUT2D eigenvalue weighted by Crippen LogP contribution is -2.10. The monoisotopic (exact) mass is 716 g/mol. The second-order valence-corrected chi connectivity index (χ2v) is 15.6. The zero-order valence-electron chi connectivity index (χ0n) is 29.8. The van der Waals surface area contributed by atoms with Gasteiger partial charge in [0.15, 0.2) is 0 Å². The number of para-hydroxylation sites is 1. The first kappa shape index (κ1) is 30.5. The molecule has 12 rings (SSSR count). The number of hydrogen-bond acceptors (Lipinski definition) is 2. The largest absolute Gasteiger partial charge is 0.310 e. The van der Waals surface area contributed by atoms with Crippen LogP contribution in [0.4, 0.5) is 17.1 Å². The quantitative estimate of drug-likeness (QED) is 0.165. The van der Waals surface area contributed by atoms with E-state index in [-0.39, 0.29) is 0 Å². The molecule has 0 fully saturated rings. The van der Waals surface area contributed by atoms with E-state index in [1.54, 1.807) is 0 Å². The van der Waals surface area contributed by atoms with Crippen LogP contribution < -0.4 is 4.90 Å². The fraction of sp³-hybridized carbons (Fsp3) is 0. The van der Waals surface area contributed by atoms with Crippen molar-refractivity contribution in [3.05, 3.63) is 194 Å². The maximum atomic E-state index is 2.45. The van der Waals surface area contributed by atoms with Crippen molar-refractivity contribution >= 4 is 113 Å². The van der Waals surface area contributed by atoms with Crippen LogP contribution in [0.15, 0.2) is 194 Å². The molecule has 0 radical (unpaired) electrons. The van der Waals surface area contributed by atoms with Gasteiger partial charge in [-0.25, -0.2) is 0 Å². The first-order valence-electron chi connectivity index (χ1n) is 18.8. The summed E-state index contributed by atoms with van der Waals surface area (Å²) in [4.78, 5) is 2.45. The molecule has 0 aliphatic rings. The van der Waals surface area contributed by atoms with Gasteiger partial charge in [0.25, 0.3) is 0 Å². The molecule has 0 N–H and O–H groups in total. The van der Waals surface area contributed by atoms with E-state index < -0.39 is 0 Å². The first-order chi connectivity index (χ1) is 27.3. The van der Waals surface area contributed by atoms with Crippen molar-refractivity contribution in [3.63, 3.8) is 0 Å². The number of nitrogens with zero attached hydrogens (tertiary/aromatic N) is 2. The Labute approximate surface area is 321 Å². The molecular weight excluding hydrogens is 685 g/mol. The molecule has 0 saturated heterocycles. The van der Waals surface area contributed by atoms with Gasteiger partial charge in [0, 0.05) is 53.4 Å². The molecule has 2 aromatic heterocycles. The molecule has 0 aliphatic carbocycles. The minimum atomic E-state index is 1.12. The van der Waals surface area contributed by atoms with Gasteiger partial charge in [0.1, 0.15) is 0 Å². The standard InChI is InChI=1S/C52H32N2S/c1-3-13-39-34(11-1)21-27-42-41(39)26-22-35-20-23-36(30-46(35)42)53(48-18-9-12-33-10-2-4-14-40(33)48)37-25-29-50-47(31-37)43-15-5-7-17-49(43)54(50)38-24-28-45-44-16-6-8-19-51(44)55-52(45)32-38/h1-32H. The molecule has 0 aliphatic heterocycles. The van der Waals surface area contributed by atoms with E-state index in [1.165, 1.54) is 90.8 Å². The molecule has 0 bridgehead atoms. The molecule has 10 aromatic carbocycles. The number of aromatic nitrogens is 1. The summed E-state index contributed by atoms with van der Waals surface area (Å²) in [6, 6.07) is 71.7. The Morgan fingerprint density at radius 1 is 0.327 bits per heavy atom. The maximum absolute atomic E-state index is 2.45. The zero-order valence-corrected chi connectivity index (χ0v) is 30.6. The molecule has 0 saturated carbocycles. The molecular formula is C52H32N2S. The Hall–Kier alpha value is -6.94. The van der Waals surface area contributed by atoms with Gasteiger partial charge in [-0.3, -0.25) is 0 Å². The Morgan fingerprint density at radius 3 is 1.75 bits per heavy atom. The third-order valence-electron chi connectivity index (χ3n) is 11.5. The SMILES string of the molecule is c1ccc2c(N(c3ccc4ccc5c6ccccc6ccc5c4c3)c3ccc4c(c3)c3ccccc3n4-c3ccc4c(c3)sc3ccccc34)cccc2c1. The van der Waals surface area contributed by atoms with Crippen molar-refractivity contribution < 1.29 is 0 Å². The van der Waals surface area contributed by atoms with Gasteiger partial charge < -0.3 is 9.47 Å². The highest BCUT2D eigenvalue weighted by Gasteiger charge is 2.20. The van der Waals surface area contributed by atoms with Gasteiger partial charge in [-0.2, -0.15) is 0 Å². The van der Waals surface area contributed by atoms with Crippen molar-refractivity contribution in [1.29, 1.82) is 0 Å². The fourth-order valence-corrected chi connectivity index (χ4v) is 10.1. The molecule has 0 atom stereocenters. The van der Waals surface area contributed by atoms with E-state index in [4.69, 9.17) is 0 Å². The van der Waals surface area contributed by atoms with Gasteiger partial charge in [-0.1, -0.05) is 133 Å². The van der Waals surface area contributed by atoms with Crippen LogP contribution in [0.2, 0.25) is 0 Å². The lowest BCUT2D eigenvalue weighted by Gasteiger charge is -2.27. The van der Waals surface area contributed by atoms with E-state index in [2.05, 4.69) is 204 Å². The average Bonchev–Trinajstić information content (AvgIpc) is 3.78. The minimum absolute atomic E-state index is 1.12. The third-order valence-corrected chi connectivity index (χ3v) is 12.7. The summed E-state index contributed by atoms with van der Waals surface area (Å²) in [6.07, 6.45) is 0. The number of anilines is 3. The molecule has 0 unspecified atom stereocenters. The van der Waals surface area contributed by atoms with E-state index >= 15 is 0 Å². The summed E-state index contributed by atoms with van der Waals surface area (Å²) >= 11 is 1.87. The summed E-state index contributed by atoms with van der Waals surface area (Å²) in [5, 5.41) is 15.1. The minimum Gasteiger partial charge on any atom is -0.310 e. The molecule has 0 amide bonds. The van der Waals surface area contributed by atoms with Gasteiger partial charge in [0.05, 0.1) is 16.7 Å². The summed E-state index contributed by atoms with van der Waals surface area (Å²) in [5.74, 6) is 0. The van der Waals surface area contributed by atoms with Gasteiger partial charge in [-0.05, 0) is 98.4 Å². The molecule has 55 heavy (non-hydrogen) atoms. The van der Waals surface area contributed by atoms with E-state index in [9.17, 15) is 0 Å². The molecule has 0 spiro atoms. The topological polar surface area (TPSA) is 8.17 Å². The predicted octanol–water partition coefficient (Wildman–Crippen LogP) is 15.2. The highest BCUT2D eigenvalue weighted by atomic mass is 32.1. The number of rotatable bonds is 4. The van der Waals surface area contributed by atoms with E-state index in [0.717, 1.165) is 17.1 Å². The Balaban J connectivity index is 1.10. The number of thiophene rings is 1. The second kappa shape index (κ2) is 11.8. The lowest BCUT2D eigenvalue weighted by atomic mass is 9.96. The van der Waals surface area contributed by atoms with Crippen LogP contribution in [0.25, 0.3) is 90.8 Å². The van der Waals surface area contributed by atoms with Gasteiger partial charge >= 0.3 is 0 Å². The molecule has 2 nitrogen and oxygen atoms in total. The van der Waals surface area contributed by atoms with Crippen molar-refractivity contribution in [2.45, 2.75) is 0 Å². The van der Waals surface area contributed by atoms with Crippen molar-refractivity contribution in [1.82, 2.24) is 4.57 Å². The molecule has 256 valence electrons. The van der Waals surface area contributed by atoms with Crippen molar-refractivity contribution in [2.75, 3.05) is 4.90 Å². The number of benzene rings is 10. The van der Waals surface area contributed by atoms with Gasteiger partial charge in [-0.15, -0.1) is 11.3 Å². The summed E-state index contributed by atoms with van der Waals surface area (Å²) in [7, 11) is 0. The van der Waals surface area contributed by atoms with E-state index in [1.807, 2.05) is 11.3 Å². The van der Waals surface area contributed by atoms with E-state index in [0.29, 0.717) is 0 Å². The summed E-state index contributed by atoms with van der Waals surface area (Å²) in [6.45, 7) is 0. The maximum Gasteiger partial charge on any atom is 0.0542 e. The molecule has 12 aromatic rings. The first-order valence-corrected chi connectivity index (χ1v) is 19.7. The Morgan fingerprint density at radius 2 is 0.891 bits per heavy atom. The highest BCUT2D eigenvalue weighted by Crippen LogP contribution is 2.44. The van der Waals surface area contributed by atoms with Crippen LogP contribution >= 0.6 is 11.3 Å². The van der Waals surface area contributed by atoms with Crippen molar-refractivity contribution in [3.8, 4) is 5.69 Å². The Kier molecular flexibility index (Phi) is 6.54. The fourth-order valence-electron chi connectivity index (χ4n) is 9.01. The number of fused-ring (bicyclic) bond motifs is 12. The highest BCUT2D eigenvalue weighted by molar-refractivity contribution is 7.25. The predicted molar refractivity (Wildman–Crippen MR) is 238 cm³/mol. The average molecular weight is 717 g/mol. The third kappa shape index (κ3) is 4.60. The van der Waals surface area contributed by atoms with Crippen LogP contribution in [0.1, 0.15) is 0 Å². The van der Waals surface area contributed by atoms with Crippen LogP contribution in [0.5, 0.6) is 0 Å². The van der Waals surface area contributed by atoms with Crippen LogP contribution in [0.3, 0.4) is 0 Å². The smallest absolute Gasteiger partial charge is 0.0542 e. The summed E-state index contributed by atoms with van der Waals surface area (Å²) < 4.78 is 5.07. The molecule has 3 heteroatoms. The zero-order chi connectivity index (χ0) is 36.0. The Bertz CT molecular complexity index is 3510. The lowest BCUT2D eigenvalue weighted by molar-refractivity contribution is 1.19. The second-order valence-electron chi connectivity index (χ2n) is 14.5. The van der Waals surface area contributed by atoms with Crippen LogP contribution in [-0.2, 0) is 0 Å². The van der Waals surface area contributed by atoms with Gasteiger partial charge in [0.2, 0.25) is 0 Å². The number of hydrogen-bond donors (Lipinski definition) is 0. The molecule has 2 heterocycles. The van der Waals surface area contributed by atoms with Crippen LogP contribution in [-0.4, -0.2) is 4.57 Å². The summed E-state index contributed by atoms with van der Waals surface area (Å²) in [5.41, 5.74) is 6.98. The van der Waals surface area contributed by atoms with Crippen molar-refractivity contribution in [2.24, 2.45) is 0 Å². The van der Waals surface area contributed by atoms with Crippen LogP contribution in [0, 0.1) is 0 Å².